The van der Waals surface area contributed by atoms with Gasteiger partial charge in [-0.2, -0.15) is 0 Å². The molecule has 1 atom stereocenters. The number of carbonyl (C=O) groups is 2. The molecular formula is C34H35ClN2O2. The second kappa shape index (κ2) is 13.8. The Balaban J connectivity index is 1.73. The summed E-state index contributed by atoms with van der Waals surface area (Å²) in [6.07, 6.45) is 0.641. The van der Waals surface area contributed by atoms with Crippen molar-refractivity contribution in [2.45, 2.75) is 51.2 Å². The van der Waals surface area contributed by atoms with Crippen molar-refractivity contribution in [3.8, 4) is 0 Å². The number of benzene rings is 4. The lowest BCUT2D eigenvalue weighted by atomic mass is 9.87. The van der Waals surface area contributed by atoms with Crippen molar-refractivity contribution in [2.75, 3.05) is 0 Å². The quantitative estimate of drug-likeness (QED) is 0.223. The van der Waals surface area contributed by atoms with Gasteiger partial charge in [0.2, 0.25) is 11.8 Å². The van der Waals surface area contributed by atoms with Gasteiger partial charge in [0, 0.05) is 36.4 Å². The van der Waals surface area contributed by atoms with Crippen LogP contribution in [0.2, 0.25) is 5.02 Å². The van der Waals surface area contributed by atoms with Gasteiger partial charge in [0.1, 0.15) is 6.04 Å². The zero-order valence-corrected chi connectivity index (χ0v) is 23.2. The van der Waals surface area contributed by atoms with Crippen LogP contribution in [0, 0.1) is 0 Å². The minimum absolute atomic E-state index is 0.0553. The van der Waals surface area contributed by atoms with Gasteiger partial charge in [-0.3, -0.25) is 9.59 Å². The summed E-state index contributed by atoms with van der Waals surface area (Å²) in [5, 5.41) is 3.65. The molecular weight excluding hydrogens is 504 g/mol. The summed E-state index contributed by atoms with van der Waals surface area (Å²) in [6, 6.07) is 36.7. The summed E-state index contributed by atoms with van der Waals surface area (Å²) in [6.45, 7) is 4.14. The minimum atomic E-state index is -0.687. The van der Waals surface area contributed by atoms with Gasteiger partial charge in [0.15, 0.2) is 0 Å². The third-order valence-corrected chi connectivity index (χ3v) is 6.96. The predicted octanol–water partition coefficient (Wildman–Crippen LogP) is 7.03. The number of carbonyl (C=O) groups excluding carboxylic acids is 2. The monoisotopic (exact) mass is 538 g/mol. The lowest BCUT2D eigenvalue weighted by Gasteiger charge is -2.33. The first-order chi connectivity index (χ1) is 18.9. The van der Waals surface area contributed by atoms with Crippen LogP contribution in [-0.4, -0.2) is 28.8 Å². The van der Waals surface area contributed by atoms with E-state index in [0.717, 1.165) is 22.3 Å². The van der Waals surface area contributed by atoms with Crippen LogP contribution < -0.4 is 5.32 Å². The Morgan fingerprint density at radius 3 is 1.82 bits per heavy atom. The summed E-state index contributed by atoms with van der Waals surface area (Å²) in [4.78, 5) is 29.7. The Hall–Kier alpha value is -3.89. The molecule has 0 heterocycles. The summed E-state index contributed by atoms with van der Waals surface area (Å²) < 4.78 is 0. The van der Waals surface area contributed by atoms with Crippen LogP contribution in [0.5, 0.6) is 0 Å². The van der Waals surface area contributed by atoms with Crippen molar-refractivity contribution in [2.24, 2.45) is 0 Å². The molecule has 0 saturated heterocycles. The van der Waals surface area contributed by atoms with E-state index in [1.807, 2.05) is 105 Å². The predicted molar refractivity (Wildman–Crippen MR) is 159 cm³/mol. The third-order valence-electron chi connectivity index (χ3n) is 6.73. The zero-order valence-electron chi connectivity index (χ0n) is 22.5. The maximum Gasteiger partial charge on any atom is 0.243 e. The molecule has 0 bridgehead atoms. The van der Waals surface area contributed by atoms with Crippen LogP contribution in [0.15, 0.2) is 115 Å². The van der Waals surface area contributed by atoms with Gasteiger partial charge >= 0.3 is 0 Å². The fourth-order valence-electron chi connectivity index (χ4n) is 4.86. The Kier molecular flexibility index (Phi) is 9.93. The Morgan fingerprint density at radius 2 is 1.28 bits per heavy atom. The van der Waals surface area contributed by atoms with Crippen LogP contribution in [0.3, 0.4) is 0 Å². The molecule has 0 saturated carbocycles. The van der Waals surface area contributed by atoms with E-state index in [9.17, 15) is 9.59 Å². The number of rotatable bonds is 11. The molecule has 5 heteroatoms. The SMILES string of the molecule is CC(C)NC(=O)C(Cc1ccccc1)N(Cc1cccc(Cl)c1)C(=O)CC(c1ccccc1)c1ccccc1. The van der Waals surface area contributed by atoms with Crippen LogP contribution in [0.25, 0.3) is 0 Å². The van der Waals surface area contributed by atoms with Gasteiger partial charge in [-0.25, -0.2) is 0 Å². The van der Waals surface area contributed by atoms with E-state index in [1.54, 1.807) is 4.90 Å². The zero-order chi connectivity index (χ0) is 27.6. The maximum absolute atomic E-state index is 14.3. The van der Waals surface area contributed by atoms with E-state index >= 15 is 0 Å². The highest BCUT2D eigenvalue weighted by molar-refractivity contribution is 6.30. The molecule has 0 aliphatic carbocycles. The van der Waals surface area contributed by atoms with E-state index in [0.29, 0.717) is 11.4 Å². The Morgan fingerprint density at radius 1 is 0.744 bits per heavy atom. The molecule has 200 valence electrons. The third kappa shape index (κ3) is 8.05. The van der Waals surface area contributed by atoms with E-state index < -0.39 is 6.04 Å². The fraction of sp³-hybridized carbons (Fsp3) is 0.235. The molecule has 0 aromatic heterocycles. The molecule has 4 aromatic carbocycles. The number of nitrogens with zero attached hydrogens (tertiary/aromatic N) is 1. The highest BCUT2D eigenvalue weighted by atomic mass is 35.5. The van der Waals surface area contributed by atoms with Crippen molar-refractivity contribution in [1.82, 2.24) is 10.2 Å². The first-order valence-electron chi connectivity index (χ1n) is 13.4. The molecule has 0 radical (unpaired) electrons. The maximum atomic E-state index is 14.3. The topological polar surface area (TPSA) is 49.4 Å². The van der Waals surface area contributed by atoms with Crippen molar-refractivity contribution in [1.29, 1.82) is 0 Å². The number of amides is 2. The molecule has 39 heavy (non-hydrogen) atoms. The van der Waals surface area contributed by atoms with Crippen LogP contribution in [0.1, 0.15) is 48.4 Å². The molecule has 4 nitrogen and oxygen atoms in total. The molecule has 2 amide bonds. The standard InChI is InChI=1S/C34H35ClN2O2/c1-25(2)36-34(39)32(22-26-13-6-3-7-14-26)37(24-27-15-12-20-30(35)21-27)33(38)23-31(28-16-8-4-9-17-28)29-18-10-5-11-19-29/h3-21,25,31-32H,22-24H2,1-2H3,(H,36,39). The molecule has 4 aromatic rings. The summed E-state index contributed by atoms with van der Waals surface area (Å²) in [5.74, 6) is -0.403. The van der Waals surface area contributed by atoms with Crippen LogP contribution in [-0.2, 0) is 22.6 Å². The lowest BCUT2D eigenvalue weighted by Crippen LogP contribution is -2.52. The first kappa shape index (κ1) is 28.1. The summed E-state index contributed by atoms with van der Waals surface area (Å²) in [7, 11) is 0. The Bertz CT molecular complexity index is 1300. The average molecular weight is 539 g/mol. The van der Waals surface area contributed by atoms with Gasteiger partial charge in [-0.05, 0) is 48.2 Å². The van der Waals surface area contributed by atoms with E-state index in [-0.39, 0.29) is 36.7 Å². The minimum Gasteiger partial charge on any atom is -0.352 e. The largest absolute Gasteiger partial charge is 0.352 e. The van der Waals surface area contributed by atoms with Crippen LogP contribution >= 0.6 is 11.6 Å². The molecule has 0 fully saturated rings. The number of nitrogens with one attached hydrogen (secondary N) is 1. The van der Waals surface area contributed by atoms with Crippen molar-refractivity contribution >= 4 is 23.4 Å². The molecule has 1 N–H and O–H groups in total. The smallest absolute Gasteiger partial charge is 0.243 e. The van der Waals surface area contributed by atoms with Crippen molar-refractivity contribution in [3.63, 3.8) is 0 Å². The summed E-state index contributed by atoms with van der Waals surface area (Å²) >= 11 is 6.31. The normalized spacial score (nSPS) is 11.8. The van der Waals surface area contributed by atoms with Crippen molar-refractivity contribution < 1.29 is 9.59 Å². The first-order valence-corrected chi connectivity index (χ1v) is 13.8. The highest BCUT2D eigenvalue weighted by Crippen LogP contribution is 2.30. The average Bonchev–Trinajstić information content (AvgIpc) is 2.94. The van der Waals surface area contributed by atoms with Gasteiger partial charge in [-0.15, -0.1) is 0 Å². The summed E-state index contributed by atoms with van der Waals surface area (Å²) in [5.41, 5.74) is 3.99. The molecule has 0 spiro atoms. The number of hydrogen-bond acceptors (Lipinski definition) is 2. The van der Waals surface area contributed by atoms with Gasteiger partial charge in [0.05, 0.1) is 0 Å². The molecule has 4 rings (SSSR count). The highest BCUT2D eigenvalue weighted by Gasteiger charge is 2.32. The van der Waals surface area contributed by atoms with Gasteiger partial charge in [-0.1, -0.05) is 115 Å². The number of halogens is 1. The lowest BCUT2D eigenvalue weighted by molar-refractivity contribution is -0.141. The van der Waals surface area contributed by atoms with Gasteiger partial charge < -0.3 is 10.2 Å². The van der Waals surface area contributed by atoms with Crippen molar-refractivity contribution in [3.05, 3.63) is 143 Å². The molecule has 0 aliphatic heterocycles. The fourth-order valence-corrected chi connectivity index (χ4v) is 5.07. The van der Waals surface area contributed by atoms with Gasteiger partial charge in [0.25, 0.3) is 0 Å². The second-order valence-electron chi connectivity index (χ2n) is 10.1. The van der Waals surface area contributed by atoms with E-state index in [1.165, 1.54) is 0 Å². The van der Waals surface area contributed by atoms with E-state index in [2.05, 4.69) is 29.6 Å². The molecule has 1 unspecified atom stereocenters. The van der Waals surface area contributed by atoms with E-state index in [4.69, 9.17) is 11.6 Å². The number of hydrogen-bond donors (Lipinski definition) is 1. The molecule has 0 aliphatic rings. The second-order valence-corrected chi connectivity index (χ2v) is 10.5. The Labute approximate surface area is 236 Å². The van der Waals surface area contributed by atoms with Crippen LogP contribution in [0.4, 0.5) is 0 Å².